The molecular weight excluding hydrogens is 332 g/mol. The second kappa shape index (κ2) is 8.21. The molecule has 0 saturated heterocycles. The van der Waals surface area contributed by atoms with E-state index in [1.165, 1.54) is 24.2 Å². The van der Waals surface area contributed by atoms with E-state index in [0.29, 0.717) is 0 Å². The number of carbonyl (C=O) groups is 2. The van der Waals surface area contributed by atoms with Crippen molar-refractivity contribution in [2.24, 2.45) is 0 Å². The van der Waals surface area contributed by atoms with Gasteiger partial charge in [-0.15, -0.1) is 11.8 Å². The molecule has 0 aromatic heterocycles. The molecule has 0 fully saturated rings. The first-order chi connectivity index (χ1) is 11.8. The summed E-state index contributed by atoms with van der Waals surface area (Å²) >= 11 is 1.49. The van der Waals surface area contributed by atoms with Crippen molar-refractivity contribution < 1.29 is 9.59 Å². The molecule has 2 aromatic rings. The molecule has 2 amide bonds. The maximum absolute atomic E-state index is 12.5. The minimum atomic E-state index is -0.230. The number of anilines is 2. The average Bonchev–Trinajstić information content (AvgIpc) is 2.52. The molecule has 0 bridgehead atoms. The molecule has 0 heterocycles. The van der Waals surface area contributed by atoms with Crippen LogP contribution in [0.2, 0.25) is 0 Å². The summed E-state index contributed by atoms with van der Waals surface area (Å²) in [5.74, 6) is -0.122. The molecule has 0 saturated carbocycles. The van der Waals surface area contributed by atoms with Gasteiger partial charge in [0.15, 0.2) is 0 Å². The zero-order valence-electron chi connectivity index (χ0n) is 15.3. The Morgan fingerprint density at radius 2 is 1.52 bits per heavy atom. The van der Waals surface area contributed by atoms with E-state index in [4.69, 9.17) is 0 Å². The summed E-state index contributed by atoms with van der Waals surface area (Å²) in [5, 5.41) is 5.55. The molecule has 0 radical (unpaired) electrons. The molecule has 5 heteroatoms. The first-order valence-corrected chi connectivity index (χ1v) is 9.07. The highest BCUT2D eigenvalue weighted by molar-refractivity contribution is 8.00. The van der Waals surface area contributed by atoms with E-state index in [9.17, 15) is 9.59 Å². The molecule has 2 N–H and O–H groups in total. The number of hydrogen-bond donors (Lipinski definition) is 2. The van der Waals surface area contributed by atoms with E-state index in [1.54, 1.807) is 0 Å². The Kier molecular flexibility index (Phi) is 6.26. The molecule has 132 valence electrons. The molecule has 0 spiro atoms. The summed E-state index contributed by atoms with van der Waals surface area (Å²) in [6.07, 6.45) is 0. The minimum Gasteiger partial charge on any atom is -0.326 e. The third-order valence-corrected chi connectivity index (χ3v) is 4.89. The Bertz CT molecular complexity index is 762. The lowest BCUT2D eigenvalue weighted by Crippen LogP contribution is -2.23. The number of thioether (sulfide) groups is 1. The van der Waals surface area contributed by atoms with Gasteiger partial charge in [-0.3, -0.25) is 9.59 Å². The van der Waals surface area contributed by atoms with Gasteiger partial charge in [-0.05, 0) is 63.1 Å². The fraction of sp³-hybridized carbons (Fsp3) is 0.300. The first kappa shape index (κ1) is 19.1. The van der Waals surface area contributed by atoms with E-state index in [-0.39, 0.29) is 17.1 Å². The van der Waals surface area contributed by atoms with Crippen molar-refractivity contribution in [3.63, 3.8) is 0 Å². The number of rotatable bonds is 5. The van der Waals surface area contributed by atoms with Crippen molar-refractivity contribution in [3.8, 4) is 0 Å². The quantitative estimate of drug-likeness (QED) is 0.764. The van der Waals surface area contributed by atoms with Gasteiger partial charge in [-0.1, -0.05) is 17.7 Å². The lowest BCUT2D eigenvalue weighted by atomic mass is 10.1. The lowest BCUT2D eigenvalue weighted by Gasteiger charge is -2.16. The van der Waals surface area contributed by atoms with Crippen LogP contribution in [0.15, 0.2) is 41.3 Å². The van der Waals surface area contributed by atoms with Gasteiger partial charge in [0.1, 0.15) is 0 Å². The Balaban J connectivity index is 2.02. The summed E-state index contributed by atoms with van der Waals surface area (Å²) < 4.78 is 0. The van der Waals surface area contributed by atoms with Gasteiger partial charge >= 0.3 is 0 Å². The van der Waals surface area contributed by atoms with Crippen LogP contribution in [0.5, 0.6) is 0 Å². The molecule has 4 nitrogen and oxygen atoms in total. The molecule has 0 aliphatic rings. The van der Waals surface area contributed by atoms with Gasteiger partial charge in [-0.25, -0.2) is 0 Å². The van der Waals surface area contributed by atoms with Crippen LogP contribution in [0, 0.1) is 20.8 Å². The van der Waals surface area contributed by atoms with Crippen LogP contribution in [-0.4, -0.2) is 17.1 Å². The Morgan fingerprint density at radius 3 is 2.04 bits per heavy atom. The van der Waals surface area contributed by atoms with Crippen molar-refractivity contribution >= 4 is 35.0 Å². The predicted octanol–water partition coefficient (Wildman–Crippen LogP) is 4.69. The fourth-order valence-corrected chi connectivity index (χ4v) is 3.55. The molecular formula is C20H24N2O2S. The van der Waals surface area contributed by atoms with Crippen LogP contribution in [0.3, 0.4) is 0 Å². The fourth-order valence-electron chi connectivity index (χ4n) is 2.68. The summed E-state index contributed by atoms with van der Waals surface area (Å²) in [6, 6.07) is 11.6. The normalized spacial score (nSPS) is 11.7. The molecule has 1 atom stereocenters. The van der Waals surface area contributed by atoms with E-state index < -0.39 is 0 Å². The molecule has 25 heavy (non-hydrogen) atoms. The van der Waals surface area contributed by atoms with Crippen LogP contribution in [0.4, 0.5) is 11.4 Å². The van der Waals surface area contributed by atoms with Crippen LogP contribution < -0.4 is 10.6 Å². The number of benzene rings is 2. The zero-order valence-corrected chi connectivity index (χ0v) is 16.1. The highest BCUT2D eigenvalue weighted by Crippen LogP contribution is 2.27. The van der Waals surface area contributed by atoms with E-state index in [2.05, 4.69) is 29.7 Å². The first-order valence-electron chi connectivity index (χ1n) is 8.19. The van der Waals surface area contributed by atoms with Crippen molar-refractivity contribution in [3.05, 3.63) is 53.1 Å². The minimum absolute atomic E-state index is 0.0222. The van der Waals surface area contributed by atoms with E-state index in [1.807, 2.05) is 45.0 Å². The maximum Gasteiger partial charge on any atom is 0.237 e. The number of carbonyl (C=O) groups excluding carboxylic acids is 2. The van der Waals surface area contributed by atoms with E-state index in [0.717, 1.165) is 27.4 Å². The molecule has 1 unspecified atom stereocenters. The Hall–Kier alpha value is -2.27. The Labute approximate surface area is 153 Å². The average molecular weight is 356 g/mol. The SMILES string of the molecule is CC(=O)Nc1ccc(SC(C)C(=O)Nc2c(C)cc(C)cc2C)cc1. The van der Waals surface area contributed by atoms with Crippen molar-refractivity contribution in [2.45, 2.75) is 44.8 Å². The third-order valence-electron chi connectivity index (χ3n) is 3.78. The molecule has 0 aliphatic heterocycles. The van der Waals surface area contributed by atoms with Crippen LogP contribution in [0.25, 0.3) is 0 Å². The van der Waals surface area contributed by atoms with Gasteiger partial charge in [-0.2, -0.15) is 0 Å². The van der Waals surface area contributed by atoms with Crippen LogP contribution >= 0.6 is 11.8 Å². The predicted molar refractivity (Wildman–Crippen MR) is 105 cm³/mol. The third kappa shape index (κ3) is 5.36. The summed E-state index contributed by atoms with van der Waals surface area (Å²) in [4.78, 5) is 24.6. The van der Waals surface area contributed by atoms with Crippen molar-refractivity contribution in [2.75, 3.05) is 10.6 Å². The largest absolute Gasteiger partial charge is 0.326 e. The van der Waals surface area contributed by atoms with Crippen molar-refractivity contribution in [1.82, 2.24) is 0 Å². The van der Waals surface area contributed by atoms with E-state index >= 15 is 0 Å². The number of nitrogens with one attached hydrogen (secondary N) is 2. The standard InChI is InChI=1S/C20H24N2O2S/c1-12-10-13(2)19(14(3)11-12)22-20(24)15(4)25-18-8-6-17(7-9-18)21-16(5)23/h6-11,15H,1-5H3,(H,21,23)(H,22,24). The van der Waals surface area contributed by atoms with Gasteiger partial charge < -0.3 is 10.6 Å². The van der Waals surface area contributed by atoms with Gasteiger partial charge in [0.2, 0.25) is 11.8 Å². The highest BCUT2D eigenvalue weighted by Gasteiger charge is 2.16. The summed E-state index contributed by atoms with van der Waals surface area (Å²) in [6.45, 7) is 9.43. The summed E-state index contributed by atoms with van der Waals surface area (Å²) in [7, 11) is 0. The van der Waals surface area contributed by atoms with Gasteiger partial charge in [0.05, 0.1) is 5.25 Å². The second-order valence-corrected chi connectivity index (χ2v) is 7.64. The van der Waals surface area contributed by atoms with Gasteiger partial charge in [0.25, 0.3) is 0 Å². The number of hydrogen-bond acceptors (Lipinski definition) is 3. The molecule has 2 aromatic carbocycles. The van der Waals surface area contributed by atoms with Crippen molar-refractivity contribution in [1.29, 1.82) is 0 Å². The highest BCUT2D eigenvalue weighted by atomic mass is 32.2. The number of aryl methyl sites for hydroxylation is 3. The zero-order chi connectivity index (χ0) is 18.6. The smallest absolute Gasteiger partial charge is 0.237 e. The van der Waals surface area contributed by atoms with Crippen LogP contribution in [0.1, 0.15) is 30.5 Å². The van der Waals surface area contributed by atoms with Gasteiger partial charge in [0, 0.05) is 23.2 Å². The molecule has 2 rings (SSSR count). The second-order valence-electron chi connectivity index (χ2n) is 6.23. The maximum atomic E-state index is 12.5. The monoisotopic (exact) mass is 356 g/mol. The summed E-state index contributed by atoms with van der Waals surface area (Å²) in [5.41, 5.74) is 4.98. The topological polar surface area (TPSA) is 58.2 Å². The van der Waals surface area contributed by atoms with Crippen LogP contribution in [-0.2, 0) is 9.59 Å². The Morgan fingerprint density at radius 1 is 0.960 bits per heavy atom. The number of amides is 2. The molecule has 0 aliphatic carbocycles. The lowest BCUT2D eigenvalue weighted by molar-refractivity contribution is -0.115.